The quantitative estimate of drug-likeness (QED) is 0.605. The van der Waals surface area contributed by atoms with Gasteiger partial charge in [0.1, 0.15) is 0 Å². The van der Waals surface area contributed by atoms with Gasteiger partial charge >= 0.3 is 0 Å². The summed E-state index contributed by atoms with van der Waals surface area (Å²) in [5, 5.41) is 18.8. The van der Waals surface area contributed by atoms with Crippen molar-refractivity contribution in [1.29, 1.82) is 0 Å². The van der Waals surface area contributed by atoms with Crippen LogP contribution in [0, 0.1) is 5.92 Å². The van der Waals surface area contributed by atoms with Gasteiger partial charge in [-0.25, -0.2) is 0 Å². The third-order valence-corrected chi connectivity index (χ3v) is 2.23. The zero-order chi connectivity index (χ0) is 7.78. The molecule has 0 heterocycles. The fraction of sp³-hybridized carbons (Fsp3) is 1.00. The van der Waals surface area contributed by atoms with Crippen LogP contribution in [0.2, 0.25) is 0 Å². The monoisotopic (exact) mass is 144 g/mol. The van der Waals surface area contributed by atoms with Crippen molar-refractivity contribution >= 4 is 0 Å². The van der Waals surface area contributed by atoms with E-state index in [1.807, 2.05) is 0 Å². The van der Waals surface area contributed by atoms with E-state index >= 15 is 0 Å². The Morgan fingerprint density at radius 2 is 2.20 bits per heavy atom. The minimum atomic E-state index is -0.742. The Morgan fingerprint density at radius 3 is 2.30 bits per heavy atom. The first-order valence-corrected chi connectivity index (χ1v) is 3.95. The zero-order valence-corrected chi connectivity index (χ0v) is 6.67. The van der Waals surface area contributed by atoms with E-state index in [2.05, 4.69) is 13.8 Å². The second kappa shape index (κ2) is 2.51. The van der Waals surface area contributed by atoms with Gasteiger partial charge in [0.2, 0.25) is 0 Å². The van der Waals surface area contributed by atoms with Crippen LogP contribution in [0.25, 0.3) is 0 Å². The minimum absolute atomic E-state index is 0.463. The maximum Gasteiger partial charge on any atom is 0.0908 e. The Labute approximate surface area is 61.9 Å². The van der Waals surface area contributed by atoms with Gasteiger partial charge in [-0.05, 0) is 25.2 Å². The SMILES string of the molecule is CC(C)CC1(O)CCC1O. The average Bonchev–Trinajstić information content (AvgIpc) is 1.84. The molecule has 0 aromatic rings. The lowest BCUT2D eigenvalue weighted by atomic mass is 9.72. The molecule has 1 aliphatic rings. The van der Waals surface area contributed by atoms with Crippen molar-refractivity contribution in [1.82, 2.24) is 0 Å². The van der Waals surface area contributed by atoms with Crippen LogP contribution in [0.15, 0.2) is 0 Å². The fourth-order valence-electron chi connectivity index (χ4n) is 1.55. The Bertz CT molecular complexity index is 122. The topological polar surface area (TPSA) is 40.5 Å². The van der Waals surface area contributed by atoms with Crippen molar-refractivity contribution < 1.29 is 10.2 Å². The molecule has 2 nitrogen and oxygen atoms in total. The summed E-state index contributed by atoms with van der Waals surface area (Å²) >= 11 is 0. The van der Waals surface area contributed by atoms with Gasteiger partial charge in [0.05, 0.1) is 11.7 Å². The minimum Gasteiger partial charge on any atom is -0.390 e. The molecule has 0 radical (unpaired) electrons. The molecule has 1 fully saturated rings. The molecular formula is C8H16O2. The summed E-state index contributed by atoms with van der Waals surface area (Å²) in [4.78, 5) is 0. The summed E-state index contributed by atoms with van der Waals surface area (Å²) in [6, 6.07) is 0. The Hall–Kier alpha value is -0.0800. The van der Waals surface area contributed by atoms with Gasteiger partial charge < -0.3 is 10.2 Å². The predicted molar refractivity (Wildman–Crippen MR) is 39.6 cm³/mol. The highest BCUT2D eigenvalue weighted by Gasteiger charge is 2.44. The van der Waals surface area contributed by atoms with Crippen LogP contribution >= 0.6 is 0 Å². The number of rotatable bonds is 2. The number of aliphatic hydroxyl groups is 2. The predicted octanol–water partition coefficient (Wildman–Crippen LogP) is 0.918. The van der Waals surface area contributed by atoms with E-state index in [4.69, 9.17) is 5.11 Å². The highest BCUT2D eigenvalue weighted by atomic mass is 16.3. The molecule has 2 unspecified atom stereocenters. The molecule has 10 heavy (non-hydrogen) atoms. The first-order valence-electron chi connectivity index (χ1n) is 3.95. The lowest BCUT2D eigenvalue weighted by Gasteiger charge is -2.43. The molecule has 0 aliphatic heterocycles. The smallest absolute Gasteiger partial charge is 0.0908 e. The van der Waals surface area contributed by atoms with Gasteiger partial charge in [-0.3, -0.25) is 0 Å². The molecule has 0 spiro atoms. The van der Waals surface area contributed by atoms with E-state index in [9.17, 15) is 5.11 Å². The molecule has 0 aromatic heterocycles. The van der Waals surface area contributed by atoms with Gasteiger partial charge in [-0.2, -0.15) is 0 Å². The maximum absolute atomic E-state index is 9.60. The van der Waals surface area contributed by atoms with Crippen molar-refractivity contribution in [2.45, 2.75) is 44.8 Å². The molecule has 60 valence electrons. The zero-order valence-electron chi connectivity index (χ0n) is 6.67. The molecular weight excluding hydrogens is 128 g/mol. The third-order valence-electron chi connectivity index (χ3n) is 2.23. The molecule has 1 rings (SSSR count). The molecule has 0 saturated heterocycles. The molecule has 1 aliphatic carbocycles. The van der Waals surface area contributed by atoms with Gasteiger partial charge in [-0.1, -0.05) is 13.8 Å². The first-order chi connectivity index (χ1) is 4.54. The van der Waals surface area contributed by atoms with Gasteiger partial charge in [0, 0.05) is 0 Å². The third kappa shape index (κ3) is 1.32. The van der Waals surface area contributed by atoms with Crippen LogP contribution in [-0.4, -0.2) is 21.9 Å². The van der Waals surface area contributed by atoms with E-state index in [0.29, 0.717) is 5.92 Å². The summed E-state index contributed by atoms with van der Waals surface area (Å²) in [6.45, 7) is 4.12. The molecule has 2 N–H and O–H groups in total. The Morgan fingerprint density at radius 1 is 1.60 bits per heavy atom. The van der Waals surface area contributed by atoms with Crippen molar-refractivity contribution in [2.75, 3.05) is 0 Å². The number of hydrogen-bond donors (Lipinski definition) is 2. The number of aliphatic hydroxyl groups excluding tert-OH is 1. The van der Waals surface area contributed by atoms with E-state index in [-0.39, 0.29) is 0 Å². The van der Waals surface area contributed by atoms with Crippen LogP contribution in [0.4, 0.5) is 0 Å². The average molecular weight is 144 g/mol. The normalized spacial score (nSPS) is 39.9. The van der Waals surface area contributed by atoms with E-state index < -0.39 is 11.7 Å². The first kappa shape index (κ1) is 8.02. The van der Waals surface area contributed by atoms with Crippen molar-refractivity contribution in [3.8, 4) is 0 Å². The summed E-state index contributed by atoms with van der Waals surface area (Å²) in [5.41, 5.74) is -0.742. The lowest BCUT2D eigenvalue weighted by Crippen LogP contribution is -2.52. The molecule has 0 amide bonds. The Kier molecular flexibility index (Phi) is 2.02. The molecule has 0 aromatic carbocycles. The van der Waals surface area contributed by atoms with Crippen LogP contribution in [0.5, 0.6) is 0 Å². The van der Waals surface area contributed by atoms with Gasteiger partial charge in [-0.15, -0.1) is 0 Å². The summed E-state index contributed by atoms with van der Waals surface area (Å²) in [5.74, 6) is 0.472. The highest BCUT2D eigenvalue weighted by Crippen LogP contribution is 2.37. The maximum atomic E-state index is 9.60. The van der Waals surface area contributed by atoms with Gasteiger partial charge in [0.15, 0.2) is 0 Å². The summed E-state index contributed by atoms with van der Waals surface area (Å²) < 4.78 is 0. The van der Waals surface area contributed by atoms with Crippen molar-refractivity contribution in [3.63, 3.8) is 0 Å². The van der Waals surface area contributed by atoms with E-state index in [1.165, 1.54) is 0 Å². The second-order valence-electron chi connectivity index (χ2n) is 3.76. The second-order valence-corrected chi connectivity index (χ2v) is 3.76. The lowest BCUT2D eigenvalue weighted by molar-refractivity contribution is -0.154. The van der Waals surface area contributed by atoms with Crippen molar-refractivity contribution in [2.24, 2.45) is 5.92 Å². The number of hydrogen-bond acceptors (Lipinski definition) is 2. The van der Waals surface area contributed by atoms with Crippen molar-refractivity contribution in [3.05, 3.63) is 0 Å². The summed E-state index contributed by atoms with van der Waals surface area (Å²) in [7, 11) is 0. The van der Waals surface area contributed by atoms with Crippen LogP contribution in [0.3, 0.4) is 0 Å². The van der Waals surface area contributed by atoms with E-state index in [1.54, 1.807) is 0 Å². The highest BCUT2D eigenvalue weighted by molar-refractivity contribution is 4.96. The molecule has 0 bridgehead atoms. The Balaban J connectivity index is 2.38. The van der Waals surface area contributed by atoms with Crippen LogP contribution in [0.1, 0.15) is 33.1 Å². The molecule has 2 atom stereocenters. The largest absolute Gasteiger partial charge is 0.390 e. The van der Waals surface area contributed by atoms with Crippen LogP contribution in [-0.2, 0) is 0 Å². The fourth-order valence-corrected chi connectivity index (χ4v) is 1.55. The van der Waals surface area contributed by atoms with Gasteiger partial charge in [0.25, 0.3) is 0 Å². The van der Waals surface area contributed by atoms with Crippen LogP contribution < -0.4 is 0 Å². The molecule has 1 saturated carbocycles. The molecule has 2 heteroatoms. The standard InChI is InChI=1S/C8H16O2/c1-6(2)5-8(10)4-3-7(8)9/h6-7,9-10H,3-5H2,1-2H3. The van der Waals surface area contributed by atoms with E-state index in [0.717, 1.165) is 19.3 Å². The summed E-state index contributed by atoms with van der Waals surface area (Å²) in [6.07, 6.45) is 1.80.